The predicted molar refractivity (Wildman–Crippen MR) is 82.4 cm³/mol. The monoisotopic (exact) mass is 303 g/mol. The fraction of sp³-hybridized carbons (Fsp3) is 0.312. The summed E-state index contributed by atoms with van der Waals surface area (Å²) >= 11 is 1.67. The number of carbonyl (C=O) groups excluding carboxylic acids is 1. The van der Waals surface area contributed by atoms with Gasteiger partial charge in [0.05, 0.1) is 0 Å². The van der Waals surface area contributed by atoms with E-state index in [-0.39, 0.29) is 11.9 Å². The second-order valence-corrected chi connectivity index (χ2v) is 5.85. The molecule has 2 aromatic rings. The van der Waals surface area contributed by atoms with Crippen molar-refractivity contribution in [3.8, 4) is 11.5 Å². The molecule has 0 radical (unpaired) electrons. The molecular weight excluding hydrogens is 286 g/mol. The van der Waals surface area contributed by atoms with Crippen molar-refractivity contribution in [1.29, 1.82) is 0 Å². The summed E-state index contributed by atoms with van der Waals surface area (Å²) < 4.78 is 11.0. The van der Waals surface area contributed by atoms with Crippen molar-refractivity contribution in [2.24, 2.45) is 0 Å². The normalized spacial score (nSPS) is 14.5. The van der Waals surface area contributed by atoms with Gasteiger partial charge in [0.1, 0.15) is 13.2 Å². The number of fused-ring (bicyclic) bond motifs is 1. The van der Waals surface area contributed by atoms with Crippen LogP contribution in [0.5, 0.6) is 11.5 Å². The third-order valence-electron chi connectivity index (χ3n) is 3.30. The molecule has 5 heteroatoms. The van der Waals surface area contributed by atoms with Crippen molar-refractivity contribution in [2.75, 3.05) is 13.2 Å². The number of benzene rings is 1. The molecule has 1 N–H and O–H groups in total. The lowest BCUT2D eigenvalue weighted by Crippen LogP contribution is -2.34. The van der Waals surface area contributed by atoms with E-state index >= 15 is 0 Å². The molecule has 0 spiro atoms. The van der Waals surface area contributed by atoms with Gasteiger partial charge in [0.15, 0.2) is 11.5 Å². The van der Waals surface area contributed by atoms with Crippen molar-refractivity contribution in [1.82, 2.24) is 5.32 Å². The highest BCUT2D eigenvalue weighted by molar-refractivity contribution is 7.07. The van der Waals surface area contributed by atoms with Crippen molar-refractivity contribution >= 4 is 17.2 Å². The number of rotatable bonds is 4. The summed E-state index contributed by atoms with van der Waals surface area (Å²) in [6, 6.07) is 7.45. The van der Waals surface area contributed by atoms with Crippen LogP contribution >= 0.6 is 11.3 Å². The second kappa shape index (κ2) is 6.18. The number of thiophene rings is 1. The van der Waals surface area contributed by atoms with Crippen molar-refractivity contribution < 1.29 is 14.3 Å². The van der Waals surface area contributed by atoms with Gasteiger partial charge in [0.25, 0.3) is 5.91 Å². The molecule has 1 aromatic carbocycles. The molecule has 1 aliphatic rings. The molecule has 0 fully saturated rings. The van der Waals surface area contributed by atoms with Crippen LogP contribution in [-0.4, -0.2) is 25.2 Å². The number of nitrogens with one attached hydrogen (secondary N) is 1. The van der Waals surface area contributed by atoms with Crippen LogP contribution in [0.4, 0.5) is 0 Å². The summed E-state index contributed by atoms with van der Waals surface area (Å²) in [5.74, 6) is 1.25. The molecule has 1 atom stereocenters. The van der Waals surface area contributed by atoms with Gasteiger partial charge in [-0.2, -0.15) is 11.3 Å². The number of carbonyl (C=O) groups is 1. The molecule has 1 aromatic heterocycles. The fourth-order valence-electron chi connectivity index (χ4n) is 2.31. The maximum absolute atomic E-state index is 12.3. The standard InChI is InChI=1S/C16H17NO3S/c1-11(8-12-4-7-21-10-12)17-16(18)13-2-3-14-15(9-13)20-6-5-19-14/h2-4,7,9-11H,5-6,8H2,1H3,(H,17,18)/t11-/m0/s1. The van der Waals surface area contributed by atoms with E-state index in [9.17, 15) is 4.79 Å². The Labute approximate surface area is 127 Å². The van der Waals surface area contributed by atoms with Crippen LogP contribution in [0.25, 0.3) is 0 Å². The van der Waals surface area contributed by atoms with E-state index in [0.29, 0.717) is 30.3 Å². The molecule has 0 saturated heterocycles. The minimum atomic E-state index is -0.0882. The summed E-state index contributed by atoms with van der Waals surface area (Å²) in [7, 11) is 0. The molecule has 110 valence electrons. The maximum Gasteiger partial charge on any atom is 0.251 e. The number of hydrogen-bond acceptors (Lipinski definition) is 4. The minimum absolute atomic E-state index is 0.0836. The van der Waals surface area contributed by atoms with Gasteiger partial charge >= 0.3 is 0 Å². The van der Waals surface area contributed by atoms with E-state index in [1.54, 1.807) is 29.5 Å². The fourth-order valence-corrected chi connectivity index (χ4v) is 2.99. The Morgan fingerprint density at radius 2 is 2.10 bits per heavy atom. The highest BCUT2D eigenvalue weighted by Gasteiger charge is 2.16. The molecule has 0 aliphatic carbocycles. The van der Waals surface area contributed by atoms with E-state index in [1.165, 1.54) is 5.56 Å². The lowest BCUT2D eigenvalue weighted by molar-refractivity contribution is 0.0939. The third kappa shape index (κ3) is 3.36. The Kier molecular flexibility index (Phi) is 4.10. The highest BCUT2D eigenvalue weighted by atomic mass is 32.1. The first-order valence-electron chi connectivity index (χ1n) is 6.94. The summed E-state index contributed by atoms with van der Waals surface area (Å²) in [4.78, 5) is 12.3. The second-order valence-electron chi connectivity index (χ2n) is 5.07. The topological polar surface area (TPSA) is 47.6 Å². The van der Waals surface area contributed by atoms with Crippen LogP contribution in [0.3, 0.4) is 0 Å². The lowest BCUT2D eigenvalue weighted by atomic mass is 10.1. The van der Waals surface area contributed by atoms with E-state index in [2.05, 4.69) is 16.8 Å². The van der Waals surface area contributed by atoms with E-state index in [1.807, 2.05) is 12.3 Å². The van der Waals surface area contributed by atoms with Gasteiger partial charge in [-0.1, -0.05) is 0 Å². The van der Waals surface area contributed by atoms with Crippen LogP contribution < -0.4 is 14.8 Å². The van der Waals surface area contributed by atoms with Gasteiger partial charge in [0.2, 0.25) is 0 Å². The minimum Gasteiger partial charge on any atom is -0.486 e. The summed E-state index contributed by atoms with van der Waals surface area (Å²) in [6.45, 7) is 3.08. The SMILES string of the molecule is C[C@@H](Cc1ccsc1)NC(=O)c1ccc2c(c1)OCCO2. The zero-order valence-corrected chi connectivity index (χ0v) is 12.6. The first-order valence-corrected chi connectivity index (χ1v) is 7.88. The molecule has 0 saturated carbocycles. The Bertz CT molecular complexity index is 624. The van der Waals surface area contributed by atoms with Crippen LogP contribution in [0.1, 0.15) is 22.8 Å². The Morgan fingerprint density at radius 3 is 2.86 bits per heavy atom. The number of amides is 1. The van der Waals surface area contributed by atoms with Gasteiger partial charge in [-0.3, -0.25) is 4.79 Å². The largest absolute Gasteiger partial charge is 0.486 e. The van der Waals surface area contributed by atoms with Crippen molar-refractivity contribution in [2.45, 2.75) is 19.4 Å². The van der Waals surface area contributed by atoms with Crippen LogP contribution in [-0.2, 0) is 6.42 Å². The van der Waals surface area contributed by atoms with Gasteiger partial charge in [-0.15, -0.1) is 0 Å². The molecular formula is C16H17NO3S. The maximum atomic E-state index is 12.3. The van der Waals surface area contributed by atoms with E-state index in [0.717, 1.165) is 6.42 Å². The zero-order valence-electron chi connectivity index (χ0n) is 11.8. The molecule has 21 heavy (non-hydrogen) atoms. The molecule has 1 amide bonds. The number of hydrogen-bond donors (Lipinski definition) is 1. The predicted octanol–water partition coefficient (Wildman–Crippen LogP) is 2.88. The van der Waals surface area contributed by atoms with Crippen LogP contribution in [0.2, 0.25) is 0 Å². The average molecular weight is 303 g/mol. The molecule has 0 bridgehead atoms. The summed E-state index contributed by atoms with van der Waals surface area (Å²) in [5.41, 5.74) is 1.84. The molecule has 1 aliphatic heterocycles. The molecule has 4 nitrogen and oxygen atoms in total. The summed E-state index contributed by atoms with van der Waals surface area (Å²) in [6.07, 6.45) is 0.833. The van der Waals surface area contributed by atoms with Gasteiger partial charge in [-0.25, -0.2) is 0 Å². The Hall–Kier alpha value is -2.01. The molecule has 2 heterocycles. The molecule has 0 unspecified atom stereocenters. The zero-order chi connectivity index (χ0) is 14.7. The van der Waals surface area contributed by atoms with Crippen molar-refractivity contribution in [3.05, 3.63) is 46.2 Å². The van der Waals surface area contributed by atoms with Crippen molar-refractivity contribution in [3.63, 3.8) is 0 Å². The van der Waals surface area contributed by atoms with Gasteiger partial charge < -0.3 is 14.8 Å². The Morgan fingerprint density at radius 1 is 1.29 bits per heavy atom. The Balaban J connectivity index is 1.64. The smallest absolute Gasteiger partial charge is 0.251 e. The van der Waals surface area contributed by atoms with Gasteiger partial charge in [-0.05, 0) is 53.9 Å². The highest BCUT2D eigenvalue weighted by Crippen LogP contribution is 2.30. The lowest BCUT2D eigenvalue weighted by Gasteiger charge is -2.19. The first-order chi connectivity index (χ1) is 10.2. The summed E-state index contributed by atoms with van der Waals surface area (Å²) in [5, 5.41) is 7.16. The first kappa shape index (κ1) is 13.9. The van der Waals surface area contributed by atoms with Gasteiger partial charge in [0, 0.05) is 11.6 Å². The van der Waals surface area contributed by atoms with Crippen LogP contribution in [0, 0.1) is 0 Å². The van der Waals surface area contributed by atoms with E-state index in [4.69, 9.17) is 9.47 Å². The van der Waals surface area contributed by atoms with Crippen LogP contribution in [0.15, 0.2) is 35.0 Å². The molecule has 3 rings (SSSR count). The quantitative estimate of drug-likeness (QED) is 0.945. The number of ether oxygens (including phenoxy) is 2. The third-order valence-corrected chi connectivity index (χ3v) is 4.04. The average Bonchev–Trinajstić information content (AvgIpc) is 2.99. The van der Waals surface area contributed by atoms with E-state index < -0.39 is 0 Å².